The van der Waals surface area contributed by atoms with Gasteiger partial charge in [0.2, 0.25) is 6.29 Å². The summed E-state index contributed by atoms with van der Waals surface area (Å²) in [6.07, 6.45) is 4.51. The summed E-state index contributed by atoms with van der Waals surface area (Å²) in [5.41, 5.74) is 1.84. The van der Waals surface area contributed by atoms with E-state index in [9.17, 15) is 4.79 Å². The summed E-state index contributed by atoms with van der Waals surface area (Å²) in [5, 5.41) is 0. The first-order valence-corrected chi connectivity index (χ1v) is 11.7. The fourth-order valence-electron chi connectivity index (χ4n) is 4.68. The van der Waals surface area contributed by atoms with Crippen molar-refractivity contribution in [2.45, 2.75) is 89.6 Å². The van der Waals surface area contributed by atoms with Gasteiger partial charge in [-0.25, -0.2) is 4.79 Å². The molecule has 2 aliphatic rings. The Hall–Kier alpha value is -2.53. The summed E-state index contributed by atoms with van der Waals surface area (Å²) in [7, 11) is 0. The van der Waals surface area contributed by atoms with Crippen LogP contribution in [0.5, 0.6) is 11.5 Å². The predicted octanol–water partition coefficient (Wildman–Crippen LogP) is 6.96. The van der Waals surface area contributed by atoms with Crippen molar-refractivity contribution in [2.24, 2.45) is 0 Å². The highest BCUT2D eigenvalue weighted by atomic mass is 16.7. The molecule has 172 valence electrons. The van der Waals surface area contributed by atoms with Gasteiger partial charge in [-0.2, -0.15) is 0 Å². The molecule has 2 aromatic rings. The Labute approximate surface area is 191 Å². The van der Waals surface area contributed by atoms with E-state index >= 15 is 0 Å². The van der Waals surface area contributed by atoms with E-state index in [-0.39, 0.29) is 18.3 Å². The summed E-state index contributed by atoms with van der Waals surface area (Å²) in [5.74, 6) is 1.80. The fraction of sp³-hybridized carbons (Fsp3) is 0.519. The van der Waals surface area contributed by atoms with Gasteiger partial charge in [-0.1, -0.05) is 56.2 Å². The van der Waals surface area contributed by atoms with Crippen LogP contribution in [-0.2, 0) is 9.47 Å². The molecule has 0 radical (unpaired) electrons. The average Bonchev–Trinajstić information content (AvgIpc) is 2.73. The van der Waals surface area contributed by atoms with Crippen LogP contribution in [0.4, 0.5) is 4.79 Å². The molecule has 0 saturated heterocycles. The molecular weight excluding hydrogens is 404 g/mol. The van der Waals surface area contributed by atoms with Gasteiger partial charge in [-0.05, 0) is 56.7 Å². The lowest BCUT2D eigenvalue weighted by molar-refractivity contribution is -0.145. The van der Waals surface area contributed by atoms with E-state index in [1.807, 2.05) is 26.8 Å². The lowest BCUT2D eigenvalue weighted by atomic mass is 9.81. The highest BCUT2D eigenvalue weighted by molar-refractivity contribution is 5.65. The van der Waals surface area contributed by atoms with Crippen LogP contribution >= 0.6 is 0 Å². The Morgan fingerprint density at radius 1 is 1.03 bits per heavy atom. The molecule has 1 fully saturated rings. The van der Waals surface area contributed by atoms with Crippen LogP contribution in [0.2, 0.25) is 0 Å². The average molecular weight is 439 g/mol. The SMILES string of the molecule is C[C@H]1C[C@@H](O[C@H]2CCCC[C@@H]2c2ccccc2)Oc2cc(OC(=O)OC(C)(C)C)ccc21. The van der Waals surface area contributed by atoms with Crippen molar-refractivity contribution in [1.82, 2.24) is 0 Å². The van der Waals surface area contributed by atoms with Gasteiger partial charge in [-0.15, -0.1) is 0 Å². The first kappa shape index (κ1) is 22.7. The summed E-state index contributed by atoms with van der Waals surface area (Å²) in [6, 6.07) is 16.2. The monoisotopic (exact) mass is 438 g/mol. The summed E-state index contributed by atoms with van der Waals surface area (Å²) in [4.78, 5) is 12.0. The number of benzene rings is 2. The smallest absolute Gasteiger partial charge is 0.464 e. The molecule has 5 nitrogen and oxygen atoms in total. The Bertz CT molecular complexity index is 917. The Kier molecular flexibility index (Phi) is 6.75. The quantitative estimate of drug-likeness (QED) is 0.382. The van der Waals surface area contributed by atoms with Gasteiger partial charge in [0.1, 0.15) is 17.1 Å². The van der Waals surface area contributed by atoms with E-state index in [1.54, 1.807) is 12.1 Å². The Balaban J connectivity index is 1.45. The first-order chi connectivity index (χ1) is 15.3. The van der Waals surface area contributed by atoms with Gasteiger partial charge < -0.3 is 18.9 Å². The van der Waals surface area contributed by atoms with Gasteiger partial charge in [0.05, 0.1) is 6.10 Å². The first-order valence-electron chi connectivity index (χ1n) is 11.7. The van der Waals surface area contributed by atoms with Crippen LogP contribution in [0, 0.1) is 0 Å². The van der Waals surface area contributed by atoms with E-state index in [4.69, 9.17) is 18.9 Å². The summed E-state index contributed by atoms with van der Waals surface area (Å²) >= 11 is 0. The van der Waals surface area contributed by atoms with E-state index in [0.717, 1.165) is 24.8 Å². The van der Waals surface area contributed by atoms with Crippen molar-refractivity contribution in [3.63, 3.8) is 0 Å². The molecule has 0 N–H and O–H groups in total. The third kappa shape index (κ3) is 5.63. The zero-order valence-electron chi connectivity index (χ0n) is 19.5. The standard InChI is InChI=1S/C27H34O5/c1-18-16-25(30-23-13-9-8-12-22(23)19-10-6-5-7-11-19)31-24-17-20(14-15-21(18)24)29-26(28)32-27(2,3)4/h5-7,10-11,14-15,17-18,22-23,25H,8-9,12-13,16H2,1-4H3/t18-,22+,23-,25-/m0/s1. The second-order valence-corrected chi connectivity index (χ2v) is 9.93. The van der Waals surface area contributed by atoms with Gasteiger partial charge in [0.15, 0.2) is 0 Å². The Morgan fingerprint density at radius 3 is 2.53 bits per heavy atom. The predicted molar refractivity (Wildman–Crippen MR) is 123 cm³/mol. The highest BCUT2D eigenvalue weighted by Crippen LogP contribution is 2.41. The van der Waals surface area contributed by atoms with E-state index in [0.29, 0.717) is 17.4 Å². The van der Waals surface area contributed by atoms with Crippen molar-refractivity contribution >= 4 is 6.16 Å². The third-order valence-electron chi connectivity index (χ3n) is 6.17. The van der Waals surface area contributed by atoms with Gasteiger partial charge in [0.25, 0.3) is 0 Å². The topological polar surface area (TPSA) is 54.0 Å². The highest BCUT2D eigenvalue weighted by Gasteiger charge is 2.33. The molecule has 4 rings (SSSR count). The van der Waals surface area contributed by atoms with E-state index < -0.39 is 11.8 Å². The van der Waals surface area contributed by atoms with Crippen molar-refractivity contribution in [3.8, 4) is 11.5 Å². The molecule has 1 saturated carbocycles. The van der Waals surface area contributed by atoms with Gasteiger partial charge in [0, 0.05) is 18.4 Å². The minimum atomic E-state index is -0.720. The number of carbonyl (C=O) groups excluding carboxylic acids is 1. The van der Waals surface area contributed by atoms with E-state index in [1.165, 1.54) is 18.4 Å². The van der Waals surface area contributed by atoms with Crippen molar-refractivity contribution in [3.05, 3.63) is 59.7 Å². The van der Waals surface area contributed by atoms with Crippen LogP contribution in [0.15, 0.2) is 48.5 Å². The number of ether oxygens (including phenoxy) is 4. The maximum atomic E-state index is 12.0. The second-order valence-electron chi connectivity index (χ2n) is 9.93. The molecule has 0 bridgehead atoms. The lowest BCUT2D eigenvalue weighted by Crippen LogP contribution is -2.36. The maximum absolute atomic E-state index is 12.0. The zero-order chi connectivity index (χ0) is 22.7. The largest absolute Gasteiger partial charge is 0.514 e. The molecule has 0 unspecified atom stereocenters. The summed E-state index contributed by atoms with van der Waals surface area (Å²) in [6.45, 7) is 7.60. The molecular formula is C27H34O5. The van der Waals surface area contributed by atoms with Crippen LogP contribution in [0.3, 0.4) is 0 Å². The van der Waals surface area contributed by atoms with Crippen molar-refractivity contribution in [1.29, 1.82) is 0 Å². The lowest BCUT2D eigenvalue weighted by Gasteiger charge is -2.37. The van der Waals surface area contributed by atoms with Crippen LogP contribution in [0.1, 0.15) is 82.8 Å². The number of hydrogen-bond donors (Lipinski definition) is 0. The minimum Gasteiger partial charge on any atom is -0.464 e. The third-order valence-corrected chi connectivity index (χ3v) is 6.17. The van der Waals surface area contributed by atoms with Crippen molar-refractivity contribution in [2.75, 3.05) is 0 Å². The second kappa shape index (κ2) is 9.53. The number of carbonyl (C=O) groups is 1. The molecule has 2 aromatic carbocycles. The zero-order valence-corrected chi connectivity index (χ0v) is 19.5. The minimum absolute atomic E-state index is 0.145. The molecule has 1 aliphatic carbocycles. The summed E-state index contributed by atoms with van der Waals surface area (Å²) < 4.78 is 23.4. The molecule has 0 aromatic heterocycles. The van der Waals surface area contributed by atoms with Crippen LogP contribution < -0.4 is 9.47 Å². The number of rotatable bonds is 4. The number of hydrogen-bond acceptors (Lipinski definition) is 5. The molecule has 1 heterocycles. The number of fused-ring (bicyclic) bond motifs is 1. The molecule has 32 heavy (non-hydrogen) atoms. The van der Waals surface area contributed by atoms with Crippen molar-refractivity contribution < 1.29 is 23.7 Å². The fourth-order valence-corrected chi connectivity index (χ4v) is 4.68. The normalized spacial score (nSPS) is 25.4. The molecule has 1 aliphatic heterocycles. The Morgan fingerprint density at radius 2 is 1.78 bits per heavy atom. The molecule has 5 heteroatoms. The van der Waals surface area contributed by atoms with E-state index in [2.05, 4.69) is 37.3 Å². The molecule has 0 amide bonds. The van der Waals surface area contributed by atoms with Crippen LogP contribution in [0.25, 0.3) is 0 Å². The molecule has 4 atom stereocenters. The van der Waals surface area contributed by atoms with Gasteiger partial charge in [-0.3, -0.25) is 0 Å². The van der Waals surface area contributed by atoms with Gasteiger partial charge >= 0.3 is 6.16 Å². The maximum Gasteiger partial charge on any atom is 0.514 e. The van der Waals surface area contributed by atoms with Crippen LogP contribution in [-0.4, -0.2) is 24.2 Å². The molecule has 0 spiro atoms.